The standard InChI is InChI=1S/C21H24N4O2/c26-11-10-22-21-23-14-17-13-16(12-15-6-2-1-3-7-15)20(27)25(19(17)24-21)18-8-4-5-9-18/h1-3,6-7,13-14,18,26H,4-5,8-12H2,(H,22,23,24). The van der Waals surface area contributed by atoms with Crippen molar-refractivity contribution in [3.05, 3.63) is 64.1 Å². The highest BCUT2D eigenvalue weighted by Gasteiger charge is 2.22. The lowest BCUT2D eigenvalue weighted by atomic mass is 10.0. The number of rotatable bonds is 6. The van der Waals surface area contributed by atoms with E-state index < -0.39 is 0 Å². The fourth-order valence-electron chi connectivity index (χ4n) is 3.87. The maximum absolute atomic E-state index is 13.3. The predicted molar refractivity (Wildman–Crippen MR) is 106 cm³/mol. The van der Waals surface area contributed by atoms with Crippen molar-refractivity contribution in [2.75, 3.05) is 18.5 Å². The van der Waals surface area contributed by atoms with Crippen LogP contribution in [0.4, 0.5) is 5.95 Å². The average Bonchev–Trinajstić information content (AvgIpc) is 3.22. The van der Waals surface area contributed by atoms with Gasteiger partial charge in [-0.25, -0.2) is 4.98 Å². The van der Waals surface area contributed by atoms with Gasteiger partial charge in [0.15, 0.2) is 0 Å². The third kappa shape index (κ3) is 3.71. The molecular weight excluding hydrogens is 340 g/mol. The van der Waals surface area contributed by atoms with E-state index in [9.17, 15) is 4.79 Å². The molecule has 2 heterocycles. The van der Waals surface area contributed by atoms with Crippen molar-refractivity contribution < 1.29 is 5.11 Å². The van der Waals surface area contributed by atoms with E-state index in [1.807, 2.05) is 41.0 Å². The summed E-state index contributed by atoms with van der Waals surface area (Å²) >= 11 is 0. The van der Waals surface area contributed by atoms with E-state index in [0.717, 1.165) is 42.2 Å². The van der Waals surface area contributed by atoms with Crippen molar-refractivity contribution >= 4 is 17.0 Å². The maximum Gasteiger partial charge on any atom is 0.256 e. The Kier molecular flexibility index (Phi) is 5.16. The summed E-state index contributed by atoms with van der Waals surface area (Å²) in [5.74, 6) is 0.443. The summed E-state index contributed by atoms with van der Waals surface area (Å²) in [6.07, 6.45) is 6.67. The Hall–Kier alpha value is -2.73. The SMILES string of the molecule is O=c1c(Cc2ccccc2)cc2cnc(NCCO)nc2n1C1CCCC1. The van der Waals surface area contributed by atoms with Crippen LogP contribution in [0.5, 0.6) is 0 Å². The van der Waals surface area contributed by atoms with E-state index in [0.29, 0.717) is 24.6 Å². The molecule has 0 amide bonds. The zero-order chi connectivity index (χ0) is 18.6. The molecule has 2 aromatic heterocycles. The first-order valence-electron chi connectivity index (χ1n) is 9.56. The van der Waals surface area contributed by atoms with Crippen LogP contribution in [0.1, 0.15) is 42.9 Å². The highest BCUT2D eigenvalue weighted by Crippen LogP contribution is 2.30. The molecule has 1 saturated carbocycles. The molecule has 27 heavy (non-hydrogen) atoms. The largest absolute Gasteiger partial charge is 0.395 e. The Labute approximate surface area is 157 Å². The van der Waals surface area contributed by atoms with E-state index >= 15 is 0 Å². The van der Waals surface area contributed by atoms with Crippen LogP contribution in [-0.2, 0) is 6.42 Å². The first kappa shape index (κ1) is 17.7. The van der Waals surface area contributed by atoms with Crippen molar-refractivity contribution in [1.82, 2.24) is 14.5 Å². The fraction of sp³-hybridized carbons (Fsp3) is 0.381. The van der Waals surface area contributed by atoms with Crippen molar-refractivity contribution in [2.45, 2.75) is 38.1 Å². The number of hydrogen-bond donors (Lipinski definition) is 2. The zero-order valence-corrected chi connectivity index (χ0v) is 15.3. The molecule has 0 atom stereocenters. The van der Waals surface area contributed by atoms with Crippen LogP contribution >= 0.6 is 0 Å². The van der Waals surface area contributed by atoms with Gasteiger partial charge in [0.05, 0.1) is 6.61 Å². The van der Waals surface area contributed by atoms with Gasteiger partial charge in [-0.1, -0.05) is 43.2 Å². The van der Waals surface area contributed by atoms with Crippen LogP contribution in [0.3, 0.4) is 0 Å². The Balaban J connectivity index is 1.83. The Morgan fingerprint density at radius 2 is 1.96 bits per heavy atom. The van der Waals surface area contributed by atoms with Gasteiger partial charge in [0.1, 0.15) is 5.65 Å². The van der Waals surface area contributed by atoms with Crippen LogP contribution in [-0.4, -0.2) is 32.8 Å². The van der Waals surface area contributed by atoms with Gasteiger partial charge in [0, 0.05) is 36.2 Å². The summed E-state index contributed by atoms with van der Waals surface area (Å²) in [6.45, 7) is 0.387. The lowest BCUT2D eigenvalue weighted by Crippen LogP contribution is -2.28. The minimum atomic E-state index is 0.00679. The van der Waals surface area contributed by atoms with Gasteiger partial charge in [-0.05, 0) is 24.5 Å². The van der Waals surface area contributed by atoms with Gasteiger partial charge in [-0.3, -0.25) is 9.36 Å². The molecule has 0 saturated heterocycles. The minimum Gasteiger partial charge on any atom is -0.395 e. The molecule has 0 bridgehead atoms. The molecule has 1 aliphatic rings. The Morgan fingerprint density at radius 3 is 2.70 bits per heavy atom. The van der Waals surface area contributed by atoms with Crippen molar-refractivity contribution in [3.63, 3.8) is 0 Å². The van der Waals surface area contributed by atoms with Crippen LogP contribution in [0, 0.1) is 0 Å². The highest BCUT2D eigenvalue weighted by molar-refractivity contribution is 5.76. The van der Waals surface area contributed by atoms with Gasteiger partial charge in [0.25, 0.3) is 5.56 Å². The van der Waals surface area contributed by atoms with Crippen LogP contribution < -0.4 is 10.9 Å². The molecule has 6 nitrogen and oxygen atoms in total. The Morgan fingerprint density at radius 1 is 1.19 bits per heavy atom. The summed E-state index contributed by atoms with van der Waals surface area (Å²) in [5, 5.41) is 12.9. The van der Waals surface area contributed by atoms with Gasteiger partial charge in [-0.15, -0.1) is 0 Å². The molecule has 140 valence electrons. The number of benzene rings is 1. The Bertz CT molecular complexity index is 979. The second-order valence-corrected chi connectivity index (χ2v) is 7.07. The number of anilines is 1. The predicted octanol–water partition coefficient (Wildman–Crippen LogP) is 2.90. The summed E-state index contributed by atoms with van der Waals surface area (Å²) in [5.41, 5.74) is 2.62. The topological polar surface area (TPSA) is 80.0 Å². The van der Waals surface area contributed by atoms with Crippen LogP contribution in [0.2, 0.25) is 0 Å². The van der Waals surface area contributed by atoms with E-state index in [1.54, 1.807) is 6.20 Å². The van der Waals surface area contributed by atoms with E-state index in [2.05, 4.69) is 15.3 Å². The lowest BCUT2D eigenvalue weighted by Gasteiger charge is -2.18. The monoisotopic (exact) mass is 364 g/mol. The fourth-order valence-corrected chi connectivity index (χ4v) is 3.87. The normalized spacial score (nSPS) is 14.7. The molecule has 4 rings (SSSR count). The number of hydrogen-bond acceptors (Lipinski definition) is 5. The second-order valence-electron chi connectivity index (χ2n) is 7.07. The second kappa shape index (κ2) is 7.88. The summed E-state index contributed by atoms with van der Waals surface area (Å²) in [7, 11) is 0. The average molecular weight is 364 g/mol. The van der Waals surface area contributed by atoms with E-state index in [-0.39, 0.29) is 18.2 Å². The van der Waals surface area contributed by atoms with E-state index in [1.165, 1.54) is 0 Å². The first-order valence-corrected chi connectivity index (χ1v) is 9.56. The number of nitrogens with one attached hydrogen (secondary N) is 1. The van der Waals surface area contributed by atoms with Crippen molar-refractivity contribution in [3.8, 4) is 0 Å². The molecular formula is C21H24N4O2. The molecule has 0 radical (unpaired) electrons. The minimum absolute atomic E-state index is 0.00679. The lowest BCUT2D eigenvalue weighted by molar-refractivity contribution is 0.311. The number of aliphatic hydroxyl groups excluding tert-OH is 1. The number of aliphatic hydroxyl groups is 1. The third-order valence-corrected chi connectivity index (χ3v) is 5.17. The smallest absolute Gasteiger partial charge is 0.256 e. The number of pyridine rings is 1. The van der Waals surface area contributed by atoms with E-state index in [4.69, 9.17) is 5.11 Å². The molecule has 3 aromatic rings. The summed E-state index contributed by atoms with van der Waals surface area (Å²) in [4.78, 5) is 22.3. The molecule has 0 spiro atoms. The molecule has 0 aliphatic heterocycles. The van der Waals surface area contributed by atoms with Gasteiger partial charge in [0.2, 0.25) is 5.95 Å². The quantitative estimate of drug-likeness (QED) is 0.703. The molecule has 1 aliphatic carbocycles. The summed E-state index contributed by atoms with van der Waals surface area (Å²) < 4.78 is 1.88. The molecule has 0 unspecified atom stereocenters. The molecule has 1 fully saturated rings. The van der Waals surface area contributed by atoms with Gasteiger partial charge in [-0.2, -0.15) is 4.98 Å². The summed E-state index contributed by atoms with van der Waals surface area (Å²) in [6, 6.07) is 12.2. The van der Waals surface area contributed by atoms with Crippen molar-refractivity contribution in [2.24, 2.45) is 0 Å². The molecule has 6 heteroatoms. The first-order chi connectivity index (χ1) is 13.3. The maximum atomic E-state index is 13.3. The number of fused-ring (bicyclic) bond motifs is 1. The highest BCUT2D eigenvalue weighted by atomic mass is 16.3. The van der Waals surface area contributed by atoms with Crippen LogP contribution in [0.25, 0.3) is 11.0 Å². The van der Waals surface area contributed by atoms with Crippen LogP contribution in [0.15, 0.2) is 47.4 Å². The van der Waals surface area contributed by atoms with Crippen molar-refractivity contribution in [1.29, 1.82) is 0 Å². The molecule has 2 N–H and O–H groups in total. The third-order valence-electron chi connectivity index (χ3n) is 5.17. The molecule has 1 aromatic carbocycles. The van der Waals surface area contributed by atoms with Gasteiger partial charge >= 0.3 is 0 Å². The number of nitrogens with zero attached hydrogens (tertiary/aromatic N) is 3. The zero-order valence-electron chi connectivity index (χ0n) is 15.3. The number of aromatic nitrogens is 3. The van der Waals surface area contributed by atoms with Gasteiger partial charge < -0.3 is 10.4 Å².